The van der Waals surface area contributed by atoms with Gasteiger partial charge in [0, 0.05) is 10.6 Å². The highest BCUT2D eigenvalue weighted by Gasteiger charge is 1.97. The fraction of sp³-hybridized carbons (Fsp3) is 0.0526. The molecule has 3 nitrogen and oxygen atoms in total. The Hall–Kier alpha value is -3.03. The SMILES string of the molecule is [N-]=[N+]=Nc1ccc(C=CCc2cccc3ccccc23)cc1. The van der Waals surface area contributed by atoms with Gasteiger partial charge in [0.05, 0.1) is 0 Å². The van der Waals surface area contributed by atoms with Crippen LogP contribution in [-0.2, 0) is 6.42 Å². The van der Waals surface area contributed by atoms with Crippen molar-refractivity contribution in [3.05, 3.63) is 94.4 Å². The zero-order chi connectivity index (χ0) is 15.2. The van der Waals surface area contributed by atoms with E-state index in [4.69, 9.17) is 5.53 Å². The summed E-state index contributed by atoms with van der Waals surface area (Å²) in [5.74, 6) is 0. The second-order valence-corrected chi connectivity index (χ2v) is 5.03. The molecule has 0 aliphatic rings. The van der Waals surface area contributed by atoms with E-state index in [1.165, 1.54) is 16.3 Å². The number of allylic oxidation sites excluding steroid dienone is 1. The van der Waals surface area contributed by atoms with Crippen molar-refractivity contribution in [1.82, 2.24) is 0 Å². The highest BCUT2D eigenvalue weighted by Crippen LogP contribution is 2.20. The number of hydrogen-bond acceptors (Lipinski definition) is 1. The van der Waals surface area contributed by atoms with Crippen molar-refractivity contribution in [2.45, 2.75) is 6.42 Å². The number of nitrogens with zero attached hydrogens (tertiary/aromatic N) is 3. The molecule has 3 aromatic rings. The third kappa shape index (κ3) is 3.17. The Labute approximate surface area is 129 Å². The van der Waals surface area contributed by atoms with Crippen LogP contribution in [0.15, 0.2) is 77.9 Å². The van der Waals surface area contributed by atoms with E-state index in [2.05, 4.69) is 64.6 Å². The quantitative estimate of drug-likeness (QED) is 0.319. The number of fused-ring (bicyclic) bond motifs is 1. The van der Waals surface area contributed by atoms with Gasteiger partial charge in [-0.25, -0.2) is 0 Å². The predicted octanol–water partition coefficient (Wildman–Crippen LogP) is 6.04. The van der Waals surface area contributed by atoms with Gasteiger partial charge >= 0.3 is 0 Å². The molecule has 0 heterocycles. The van der Waals surface area contributed by atoms with Crippen molar-refractivity contribution in [3.63, 3.8) is 0 Å². The summed E-state index contributed by atoms with van der Waals surface area (Å²) < 4.78 is 0. The lowest BCUT2D eigenvalue weighted by molar-refractivity contribution is 1.31. The van der Waals surface area contributed by atoms with Gasteiger partial charge in [-0.3, -0.25) is 0 Å². The van der Waals surface area contributed by atoms with Crippen LogP contribution in [0.3, 0.4) is 0 Å². The van der Waals surface area contributed by atoms with Gasteiger partial charge in [-0.2, -0.15) is 0 Å². The highest BCUT2D eigenvalue weighted by atomic mass is 15.1. The number of benzene rings is 3. The lowest BCUT2D eigenvalue weighted by atomic mass is 10.0. The van der Waals surface area contributed by atoms with Gasteiger partial charge in [-0.05, 0) is 33.9 Å². The standard InChI is InChI=1S/C19H15N3/c20-22-21-18-13-11-15(12-14-18)5-3-7-17-9-4-8-16-6-1-2-10-19(16)17/h1-6,8-14H,7H2. The number of hydrogen-bond donors (Lipinski definition) is 0. The molecule has 0 aliphatic heterocycles. The molecule has 0 atom stereocenters. The van der Waals surface area contributed by atoms with Crippen LogP contribution < -0.4 is 0 Å². The normalized spacial score (nSPS) is 10.7. The molecule has 0 unspecified atom stereocenters. The van der Waals surface area contributed by atoms with E-state index in [1.54, 1.807) is 0 Å². The first-order valence-corrected chi connectivity index (χ1v) is 7.15. The fourth-order valence-corrected chi connectivity index (χ4v) is 2.50. The van der Waals surface area contributed by atoms with Crippen molar-refractivity contribution >= 4 is 22.5 Å². The van der Waals surface area contributed by atoms with Gasteiger partial charge < -0.3 is 0 Å². The van der Waals surface area contributed by atoms with Crippen molar-refractivity contribution < 1.29 is 0 Å². The molecule has 0 aliphatic carbocycles. The molecule has 0 N–H and O–H groups in total. The summed E-state index contributed by atoms with van der Waals surface area (Å²) in [7, 11) is 0. The van der Waals surface area contributed by atoms with Crippen molar-refractivity contribution in [2.75, 3.05) is 0 Å². The van der Waals surface area contributed by atoms with E-state index in [0.717, 1.165) is 12.0 Å². The molecule has 106 valence electrons. The van der Waals surface area contributed by atoms with Crippen LogP contribution in [0.2, 0.25) is 0 Å². The maximum atomic E-state index is 8.39. The summed E-state index contributed by atoms with van der Waals surface area (Å²) >= 11 is 0. The van der Waals surface area contributed by atoms with Crippen molar-refractivity contribution in [1.29, 1.82) is 0 Å². The van der Waals surface area contributed by atoms with Gasteiger partial charge in [0.15, 0.2) is 0 Å². The summed E-state index contributed by atoms with van der Waals surface area (Å²) in [5.41, 5.74) is 11.4. The van der Waals surface area contributed by atoms with Gasteiger partial charge in [0.2, 0.25) is 0 Å². The molecule has 3 aromatic carbocycles. The second-order valence-electron chi connectivity index (χ2n) is 5.03. The average molecular weight is 285 g/mol. The lowest BCUT2D eigenvalue weighted by Gasteiger charge is -2.03. The topological polar surface area (TPSA) is 48.8 Å². The van der Waals surface area contributed by atoms with Crippen molar-refractivity contribution in [3.8, 4) is 0 Å². The molecule has 0 saturated carbocycles. The Morgan fingerprint density at radius 1 is 0.909 bits per heavy atom. The Balaban J connectivity index is 1.77. The molecular weight excluding hydrogens is 270 g/mol. The van der Waals surface area contributed by atoms with E-state index >= 15 is 0 Å². The van der Waals surface area contributed by atoms with Crippen LogP contribution in [0.5, 0.6) is 0 Å². The van der Waals surface area contributed by atoms with E-state index in [-0.39, 0.29) is 0 Å². The van der Waals surface area contributed by atoms with Crippen LogP contribution >= 0.6 is 0 Å². The zero-order valence-corrected chi connectivity index (χ0v) is 12.1. The largest absolute Gasteiger partial charge is 0.0795 e. The summed E-state index contributed by atoms with van der Waals surface area (Å²) in [6.07, 6.45) is 5.13. The minimum atomic E-state index is 0.633. The summed E-state index contributed by atoms with van der Waals surface area (Å²) in [5, 5.41) is 6.14. The zero-order valence-electron chi connectivity index (χ0n) is 12.1. The summed E-state index contributed by atoms with van der Waals surface area (Å²) in [6.45, 7) is 0. The minimum Gasteiger partial charge on any atom is -0.0795 e. The van der Waals surface area contributed by atoms with Crippen LogP contribution in [0.4, 0.5) is 5.69 Å². The van der Waals surface area contributed by atoms with Gasteiger partial charge in [-0.15, -0.1) is 0 Å². The summed E-state index contributed by atoms with van der Waals surface area (Å²) in [4.78, 5) is 2.77. The Morgan fingerprint density at radius 2 is 1.68 bits per heavy atom. The first-order chi connectivity index (χ1) is 10.9. The average Bonchev–Trinajstić information content (AvgIpc) is 2.57. The first-order valence-electron chi connectivity index (χ1n) is 7.15. The van der Waals surface area contributed by atoms with E-state index in [0.29, 0.717) is 5.69 Å². The molecule has 0 amide bonds. The van der Waals surface area contributed by atoms with Gasteiger partial charge in [-0.1, -0.05) is 84.0 Å². The Kier molecular flexibility index (Phi) is 4.19. The van der Waals surface area contributed by atoms with Gasteiger partial charge in [0.1, 0.15) is 0 Å². The molecule has 0 aromatic heterocycles. The minimum absolute atomic E-state index is 0.633. The van der Waals surface area contributed by atoms with Crippen LogP contribution in [0.25, 0.3) is 27.3 Å². The molecular formula is C19H15N3. The maximum absolute atomic E-state index is 8.39. The second kappa shape index (κ2) is 6.61. The smallest absolute Gasteiger partial charge is 0.0375 e. The van der Waals surface area contributed by atoms with Crippen molar-refractivity contribution in [2.24, 2.45) is 5.11 Å². The third-order valence-corrected chi connectivity index (χ3v) is 3.58. The Morgan fingerprint density at radius 3 is 2.50 bits per heavy atom. The van der Waals surface area contributed by atoms with Gasteiger partial charge in [0.25, 0.3) is 0 Å². The predicted molar refractivity (Wildman–Crippen MR) is 91.9 cm³/mol. The number of rotatable bonds is 4. The van der Waals surface area contributed by atoms with Crippen LogP contribution in [-0.4, -0.2) is 0 Å². The monoisotopic (exact) mass is 285 g/mol. The maximum Gasteiger partial charge on any atom is 0.0375 e. The molecule has 3 rings (SSSR count). The fourth-order valence-electron chi connectivity index (χ4n) is 2.50. The summed E-state index contributed by atoms with van der Waals surface area (Å²) in [6, 6.07) is 22.4. The molecule has 3 heteroatoms. The lowest BCUT2D eigenvalue weighted by Crippen LogP contribution is -1.83. The van der Waals surface area contributed by atoms with Crippen LogP contribution in [0.1, 0.15) is 11.1 Å². The number of azide groups is 1. The molecule has 0 saturated heterocycles. The van der Waals surface area contributed by atoms with E-state index in [1.807, 2.05) is 24.3 Å². The molecule has 0 bridgehead atoms. The van der Waals surface area contributed by atoms with Crippen LogP contribution in [0, 0.1) is 0 Å². The Bertz CT molecular complexity index is 852. The first kappa shape index (κ1) is 13.9. The highest BCUT2D eigenvalue weighted by molar-refractivity contribution is 5.85. The molecule has 0 spiro atoms. The molecule has 0 fully saturated rings. The third-order valence-electron chi connectivity index (χ3n) is 3.58. The molecule has 22 heavy (non-hydrogen) atoms. The molecule has 0 radical (unpaired) electrons. The van der Waals surface area contributed by atoms with E-state index in [9.17, 15) is 0 Å². The van der Waals surface area contributed by atoms with E-state index < -0.39 is 0 Å².